The Bertz CT molecular complexity index is 1450. The number of hydrogen-bond donors (Lipinski definition) is 3. The lowest BCUT2D eigenvalue weighted by molar-refractivity contribution is -0.121. The number of rotatable bonds is 7. The predicted molar refractivity (Wildman–Crippen MR) is 127 cm³/mol. The van der Waals surface area contributed by atoms with Crippen LogP contribution >= 0.6 is 0 Å². The number of aryl methyl sites for hydroxylation is 1. The molecule has 2 amide bonds. The molecule has 4 aromatic rings. The van der Waals surface area contributed by atoms with Crippen molar-refractivity contribution in [2.24, 2.45) is 7.05 Å². The molecule has 4 rings (SSSR count). The number of benzene rings is 3. The summed E-state index contributed by atoms with van der Waals surface area (Å²) in [4.78, 5) is 29.2. The summed E-state index contributed by atoms with van der Waals surface area (Å²) in [5, 5.41) is 0. The van der Waals surface area contributed by atoms with E-state index in [9.17, 15) is 18.0 Å². The van der Waals surface area contributed by atoms with Crippen molar-refractivity contribution >= 4 is 32.9 Å². The summed E-state index contributed by atoms with van der Waals surface area (Å²) in [6.45, 7) is 0.123. The number of imidazole rings is 1. The molecule has 0 fully saturated rings. The average Bonchev–Trinajstić information content (AvgIpc) is 3.17. The van der Waals surface area contributed by atoms with E-state index in [0.29, 0.717) is 5.82 Å². The molecule has 0 spiro atoms. The molecule has 174 valence electrons. The molecule has 0 unspecified atom stereocenters. The van der Waals surface area contributed by atoms with E-state index in [-0.39, 0.29) is 23.4 Å². The standard InChI is InChI=1S/C24H23N5O4S/c1-29-21-13-6-5-12-20(21)26-22(29)15-23(30)27-28-24(31)18-10-7-11-19(14-18)34(32,33)25-16-17-8-3-2-4-9-17/h2-14,25H,15-16H2,1H3,(H,27,30)(H,28,31). The Morgan fingerprint density at radius 1 is 0.912 bits per heavy atom. The smallest absolute Gasteiger partial charge is 0.269 e. The maximum Gasteiger partial charge on any atom is 0.269 e. The van der Waals surface area contributed by atoms with Crippen LogP contribution in [0, 0.1) is 0 Å². The third-order valence-corrected chi connectivity index (χ3v) is 6.63. The highest BCUT2D eigenvalue weighted by atomic mass is 32.2. The Labute approximate surface area is 196 Å². The van der Waals surface area contributed by atoms with E-state index in [0.717, 1.165) is 16.6 Å². The molecule has 0 bridgehead atoms. The van der Waals surface area contributed by atoms with Crippen LogP contribution in [0.4, 0.5) is 0 Å². The molecular formula is C24H23N5O4S. The molecule has 0 aliphatic rings. The molecule has 0 saturated carbocycles. The van der Waals surface area contributed by atoms with Crippen LogP contribution in [0.25, 0.3) is 11.0 Å². The lowest BCUT2D eigenvalue weighted by Crippen LogP contribution is -2.42. The molecule has 0 saturated heterocycles. The number of aromatic nitrogens is 2. The number of carbonyl (C=O) groups is 2. The molecule has 3 N–H and O–H groups in total. The van der Waals surface area contributed by atoms with Crippen LogP contribution in [0.1, 0.15) is 21.7 Å². The molecule has 1 heterocycles. The molecule has 9 nitrogen and oxygen atoms in total. The molecule has 34 heavy (non-hydrogen) atoms. The predicted octanol–water partition coefficient (Wildman–Crippen LogP) is 2.06. The van der Waals surface area contributed by atoms with Crippen molar-refractivity contribution in [1.29, 1.82) is 0 Å². The lowest BCUT2D eigenvalue weighted by Gasteiger charge is -2.10. The zero-order valence-electron chi connectivity index (χ0n) is 18.4. The van der Waals surface area contributed by atoms with Crippen molar-refractivity contribution < 1.29 is 18.0 Å². The van der Waals surface area contributed by atoms with Crippen molar-refractivity contribution in [3.63, 3.8) is 0 Å². The third-order valence-electron chi connectivity index (χ3n) is 5.23. The molecule has 3 aromatic carbocycles. The Morgan fingerprint density at radius 2 is 1.65 bits per heavy atom. The molecular weight excluding hydrogens is 454 g/mol. The summed E-state index contributed by atoms with van der Waals surface area (Å²) in [6.07, 6.45) is -0.0384. The van der Waals surface area contributed by atoms with E-state index in [1.807, 2.05) is 66.2 Å². The molecule has 0 radical (unpaired) electrons. The molecule has 0 aliphatic carbocycles. The van der Waals surface area contributed by atoms with E-state index in [1.54, 1.807) is 0 Å². The minimum absolute atomic E-state index is 0.0384. The van der Waals surface area contributed by atoms with Crippen molar-refractivity contribution in [3.8, 4) is 0 Å². The minimum Gasteiger partial charge on any atom is -0.331 e. The van der Waals surface area contributed by atoms with Gasteiger partial charge in [0.05, 0.1) is 22.3 Å². The molecule has 0 atom stereocenters. The van der Waals surface area contributed by atoms with E-state index >= 15 is 0 Å². The van der Waals surface area contributed by atoms with Gasteiger partial charge >= 0.3 is 0 Å². The quantitative estimate of drug-likeness (QED) is 0.352. The van der Waals surface area contributed by atoms with Crippen molar-refractivity contribution in [2.75, 3.05) is 0 Å². The Kier molecular flexibility index (Phi) is 6.71. The van der Waals surface area contributed by atoms with Gasteiger partial charge in [-0.05, 0) is 35.9 Å². The van der Waals surface area contributed by atoms with Crippen LogP contribution in [0.15, 0.2) is 83.8 Å². The fraction of sp³-hybridized carbons (Fsp3) is 0.125. The highest BCUT2D eigenvalue weighted by Gasteiger charge is 2.17. The molecule has 10 heteroatoms. The van der Waals surface area contributed by atoms with Crippen LogP contribution in [-0.2, 0) is 34.8 Å². The van der Waals surface area contributed by atoms with Gasteiger partial charge in [-0.15, -0.1) is 0 Å². The van der Waals surface area contributed by atoms with Crippen LogP contribution in [0.3, 0.4) is 0 Å². The summed E-state index contributed by atoms with van der Waals surface area (Å²) >= 11 is 0. The first-order valence-electron chi connectivity index (χ1n) is 10.5. The molecule has 0 aliphatic heterocycles. The van der Waals surface area contributed by atoms with Gasteiger partial charge in [0.1, 0.15) is 5.82 Å². The zero-order chi connectivity index (χ0) is 24.1. The summed E-state index contributed by atoms with van der Waals surface area (Å²) in [6, 6.07) is 22.2. The zero-order valence-corrected chi connectivity index (χ0v) is 19.2. The number of hydrazine groups is 1. The second-order valence-electron chi connectivity index (χ2n) is 7.59. The van der Waals surface area contributed by atoms with Gasteiger partial charge in [-0.25, -0.2) is 18.1 Å². The second kappa shape index (κ2) is 9.86. The highest BCUT2D eigenvalue weighted by Crippen LogP contribution is 2.15. The number of amides is 2. The third kappa shape index (κ3) is 5.30. The number of hydrogen-bond acceptors (Lipinski definition) is 5. The normalized spacial score (nSPS) is 11.3. The summed E-state index contributed by atoms with van der Waals surface area (Å²) < 4.78 is 29.6. The average molecular weight is 478 g/mol. The van der Waals surface area contributed by atoms with Crippen LogP contribution in [-0.4, -0.2) is 29.8 Å². The summed E-state index contributed by atoms with van der Waals surface area (Å²) in [7, 11) is -2.02. The Hall–Kier alpha value is -4.02. The number of nitrogens with one attached hydrogen (secondary N) is 3. The number of sulfonamides is 1. The van der Waals surface area contributed by atoms with E-state index in [4.69, 9.17) is 0 Å². The van der Waals surface area contributed by atoms with Crippen molar-refractivity contribution in [3.05, 3.63) is 95.8 Å². The summed E-state index contributed by atoms with van der Waals surface area (Å²) in [5.41, 5.74) is 7.23. The maximum absolute atomic E-state index is 12.6. The van der Waals surface area contributed by atoms with Gasteiger partial charge in [-0.1, -0.05) is 48.5 Å². The van der Waals surface area contributed by atoms with E-state index in [2.05, 4.69) is 20.6 Å². The van der Waals surface area contributed by atoms with Gasteiger partial charge in [0.2, 0.25) is 15.9 Å². The fourth-order valence-electron chi connectivity index (χ4n) is 3.40. The molecule has 1 aromatic heterocycles. The topological polar surface area (TPSA) is 122 Å². The van der Waals surface area contributed by atoms with Crippen LogP contribution in [0.5, 0.6) is 0 Å². The Morgan fingerprint density at radius 3 is 2.41 bits per heavy atom. The van der Waals surface area contributed by atoms with Crippen molar-refractivity contribution in [2.45, 2.75) is 17.9 Å². The summed E-state index contributed by atoms with van der Waals surface area (Å²) in [5.74, 6) is -0.552. The monoisotopic (exact) mass is 477 g/mol. The minimum atomic E-state index is -3.83. The van der Waals surface area contributed by atoms with Gasteiger partial charge in [-0.2, -0.15) is 0 Å². The fourth-order valence-corrected chi connectivity index (χ4v) is 4.47. The second-order valence-corrected chi connectivity index (χ2v) is 9.36. The number of fused-ring (bicyclic) bond motifs is 1. The van der Waals surface area contributed by atoms with Crippen molar-refractivity contribution in [1.82, 2.24) is 25.1 Å². The first kappa shape index (κ1) is 23.1. The van der Waals surface area contributed by atoms with Crippen LogP contribution < -0.4 is 15.6 Å². The SMILES string of the molecule is Cn1c(CC(=O)NNC(=O)c2cccc(S(=O)(=O)NCc3ccccc3)c2)nc2ccccc21. The van der Waals surface area contributed by atoms with Gasteiger partial charge in [0.15, 0.2) is 0 Å². The van der Waals surface area contributed by atoms with E-state index in [1.165, 1.54) is 24.3 Å². The number of carbonyl (C=O) groups excluding carboxylic acids is 2. The largest absolute Gasteiger partial charge is 0.331 e. The van der Waals surface area contributed by atoms with E-state index < -0.39 is 21.8 Å². The number of nitrogens with zero attached hydrogens (tertiary/aromatic N) is 2. The lowest BCUT2D eigenvalue weighted by atomic mass is 10.2. The first-order valence-corrected chi connectivity index (χ1v) is 11.9. The van der Waals surface area contributed by atoms with Gasteiger partial charge in [-0.3, -0.25) is 20.4 Å². The highest BCUT2D eigenvalue weighted by molar-refractivity contribution is 7.89. The van der Waals surface area contributed by atoms with Crippen LogP contribution in [0.2, 0.25) is 0 Å². The van der Waals surface area contributed by atoms with Gasteiger partial charge in [0, 0.05) is 19.2 Å². The number of para-hydroxylation sites is 2. The van der Waals surface area contributed by atoms with Gasteiger partial charge < -0.3 is 4.57 Å². The first-order chi connectivity index (χ1) is 16.3. The maximum atomic E-state index is 12.6. The van der Waals surface area contributed by atoms with Gasteiger partial charge in [0.25, 0.3) is 5.91 Å². The Balaban J connectivity index is 1.37.